The zero-order valence-electron chi connectivity index (χ0n) is 13.8. The van der Waals surface area contributed by atoms with Crippen molar-refractivity contribution >= 4 is 11.8 Å². The van der Waals surface area contributed by atoms with E-state index in [0.717, 1.165) is 0 Å². The first kappa shape index (κ1) is 20.0. The van der Waals surface area contributed by atoms with Crippen LogP contribution in [-0.4, -0.2) is 30.1 Å². The highest BCUT2D eigenvalue weighted by Gasteiger charge is 2.21. The number of amides is 2. The van der Waals surface area contributed by atoms with Crippen molar-refractivity contribution in [2.24, 2.45) is 5.41 Å². The van der Waals surface area contributed by atoms with Gasteiger partial charge in [-0.3, -0.25) is 9.59 Å². The average Bonchev–Trinajstić information content (AvgIpc) is 2.48. The van der Waals surface area contributed by atoms with Crippen LogP contribution in [0.1, 0.15) is 38.8 Å². The zero-order chi connectivity index (χ0) is 18.5. The predicted octanol–water partition coefficient (Wildman–Crippen LogP) is 1.81. The van der Waals surface area contributed by atoms with Crippen LogP contribution in [0.3, 0.4) is 0 Å². The lowest BCUT2D eigenvalue weighted by atomic mass is 9.96. The Balaban J connectivity index is 2.63. The molecular weight excluding hydrogens is 325 g/mol. The number of carbonyl (C=O) groups is 2. The molecule has 0 heterocycles. The number of rotatable bonds is 6. The van der Waals surface area contributed by atoms with Crippen molar-refractivity contribution in [1.82, 2.24) is 10.6 Å². The van der Waals surface area contributed by atoms with Gasteiger partial charge in [-0.1, -0.05) is 20.8 Å². The summed E-state index contributed by atoms with van der Waals surface area (Å²) in [5, 5.41) is 14.2. The summed E-state index contributed by atoms with van der Waals surface area (Å²) in [6.07, 6.45) is -0.0789. The molecule has 1 aromatic carbocycles. The fourth-order valence-corrected chi connectivity index (χ4v) is 1.83. The van der Waals surface area contributed by atoms with Gasteiger partial charge in [0, 0.05) is 18.4 Å². The Hall–Kier alpha value is -2.09. The second-order valence-corrected chi connectivity index (χ2v) is 6.36. The molecular formula is C16H21F3N2O3. The monoisotopic (exact) mass is 346 g/mol. The smallest absolute Gasteiger partial charge is 0.225 e. The van der Waals surface area contributed by atoms with E-state index in [0.29, 0.717) is 12.1 Å². The number of hydrogen-bond donors (Lipinski definition) is 3. The third kappa shape index (κ3) is 5.52. The Bertz CT molecular complexity index is 592. The van der Waals surface area contributed by atoms with Crippen molar-refractivity contribution in [3.8, 4) is 0 Å². The van der Waals surface area contributed by atoms with Crippen LogP contribution < -0.4 is 10.6 Å². The van der Waals surface area contributed by atoms with Crippen LogP contribution in [0.15, 0.2) is 12.1 Å². The minimum Gasteiger partial charge on any atom is -0.394 e. The maximum absolute atomic E-state index is 13.2. The van der Waals surface area contributed by atoms with Gasteiger partial charge in [-0.2, -0.15) is 0 Å². The van der Waals surface area contributed by atoms with Gasteiger partial charge < -0.3 is 15.7 Å². The van der Waals surface area contributed by atoms with Gasteiger partial charge in [0.25, 0.3) is 0 Å². The van der Waals surface area contributed by atoms with E-state index < -0.39 is 41.4 Å². The molecule has 1 atom stereocenters. The molecule has 0 bridgehead atoms. The van der Waals surface area contributed by atoms with E-state index in [4.69, 9.17) is 0 Å². The molecule has 2 amide bonds. The van der Waals surface area contributed by atoms with E-state index in [2.05, 4.69) is 10.6 Å². The first-order valence-corrected chi connectivity index (χ1v) is 7.39. The number of hydrogen-bond acceptors (Lipinski definition) is 3. The van der Waals surface area contributed by atoms with E-state index in [1.54, 1.807) is 20.8 Å². The lowest BCUT2D eigenvalue weighted by molar-refractivity contribution is -0.128. The molecule has 5 nitrogen and oxygen atoms in total. The standard InChI is InChI=1S/C16H21F3N2O3/c1-16(2,3)15(24)20-5-4-13(23)21-12(8-22)9-6-10(17)14(19)11(18)7-9/h6-7,12,22H,4-5,8H2,1-3H3,(H,20,24)(H,21,23). The van der Waals surface area contributed by atoms with Gasteiger partial charge in [0.15, 0.2) is 17.5 Å². The molecule has 0 saturated carbocycles. The SMILES string of the molecule is CC(C)(C)C(=O)NCCC(=O)NC(CO)c1cc(F)c(F)c(F)c1. The molecule has 0 aliphatic carbocycles. The third-order valence-electron chi connectivity index (χ3n) is 3.25. The zero-order valence-corrected chi connectivity index (χ0v) is 13.8. The first-order chi connectivity index (χ1) is 11.1. The van der Waals surface area contributed by atoms with Crippen molar-refractivity contribution < 1.29 is 27.9 Å². The topological polar surface area (TPSA) is 78.4 Å². The second-order valence-electron chi connectivity index (χ2n) is 6.36. The Morgan fingerprint density at radius 2 is 1.71 bits per heavy atom. The van der Waals surface area contributed by atoms with Crippen molar-refractivity contribution in [3.63, 3.8) is 0 Å². The number of benzene rings is 1. The number of aliphatic hydroxyl groups is 1. The summed E-state index contributed by atoms with van der Waals surface area (Å²) in [5.74, 6) is -5.19. The van der Waals surface area contributed by atoms with Crippen molar-refractivity contribution in [2.75, 3.05) is 13.2 Å². The van der Waals surface area contributed by atoms with Crippen molar-refractivity contribution in [3.05, 3.63) is 35.1 Å². The quantitative estimate of drug-likeness (QED) is 0.688. The molecule has 134 valence electrons. The predicted molar refractivity (Wildman–Crippen MR) is 81.4 cm³/mol. The number of carbonyl (C=O) groups excluding carboxylic acids is 2. The van der Waals surface area contributed by atoms with Gasteiger partial charge in [-0.15, -0.1) is 0 Å². The van der Waals surface area contributed by atoms with E-state index in [-0.39, 0.29) is 24.4 Å². The molecule has 0 aromatic heterocycles. The van der Waals surface area contributed by atoms with Crippen LogP contribution in [0, 0.1) is 22.9 Å². The number of aliphatic hydroxyl groups excluding tert-OH is 1. The Labute approximate surface area is 138 Å². The van der Waals surface area contributed by atoms with Crippen molar-refractivity contribution in [1.29, 1.82) is 0 Å². The normalized spacial score (nSPS) is 12.6. The van der Waals surface area contributed by atoms with Crippen LogP contribution in [0.5, 0.6) is 0 Å². The van der Waals surface area contributed by atoms with Crippen LogP contribution in [0.4, 0.5) is 13.2 Å². The molecule has 0 radical (unpaired) electrons. The molecule has 24 heavy (non-hydrogen) atoms. The fourth-order valence-electron chi connectivity index (χ4n) is 1.83. The summed E-state index contributed by atoms with van der Waals surface area (Å²) < 4.78 is 39.4. The highest BCUT2D eigenvalue weighted by molar-refractivity contribution is 5.82. The largest absolute Gasteiger partial charge is 0.394 e. The summed E-state index contributed by atoms with van der Waals surface area (Å²) in [4.78, 5) is 23.5. The fraction of sp³-hybridized carbons (Fsp3) is 0.500. The first-order valence-electron chi connectivity index (χ1n) is 7.39. The highest BCUT2D eigenvalue weighted by atomic mass is 19.2. The van der Waals surface area contributed by atoms with Gasteiger partial charge in [-0.25, -0.2) is 13.2 Å². The van der Waals surface area contributed by atoms with E-state index in [9.17, 15) is 27.9 Å². The summed E-state index contributed by atoms with van der Waals surface area (Å²) in [7, 11) is 0. The summed E-state index contributed by atoms with van der Waals surface area (Å²) in [6, 6.07) is 0.336. The minimum absolute atomic E-state index is 0.0756. The maximum atomic E-state index is 13.2. The minimum atomic E-state index is -1.62. The lowest BCUT2D eigenvalue weighted by Gasteiger charge is -2.19. The molecule has 1 rings (SSSR count). The van der Waals surface area contributed by atoms with Gasteiger partial charge in [0.1, 0.15) is 0 Å². The molecule has 8 heteroatoms. The van der Waals surface area contributed by atoms with Crippen molar-refractivity contribution in [2.45, 2.75) is 33.2 Å². The highest BCUT2D eigenvalue weighted by Crippen LogP contribution is 2.19. The molecule has 0 fully saturated rings. The summed E-state index contributed by atoms with van der Waals surface area (Å²) in [5.41, 5.74) is -0.686. The van der Waals surface area contributed by atoms with Gasteiger partial charge >= 0.3 is 0 Å². The molecule has 0 aliphatic rings. The van der Waals surface area contributed by atoms with Gasteiger partial charge in [0.2, 0.25) is 11.8 Å². The van der Waals surface area contributed by atoms with Crippen LogP contribution in [0.2, 0.25) is 0 Å². The Morgan fingerprint density at radius 1 is 1.17 bits per heavy atom. The van der Waals surface area contributed by atoms with E-state index in [1.807, 2.05) is 0 Å². The van der Waals surface area contributed by atoms with Crippen LogP contribution in [0.25, 0.3) is 0 Å². The van der Waals surface area contributed by atoms with E-state index in [1.165, 1.54) is 0 Å². The molecule has 1 aromatic rings. The van der Waals surface area contributed by atoms with Crippen LogP contribution in [-0.2, 0) is 9.59 Å². The number of halogens is 3. The Kier molecular flexibility index (Phi) is 6.77. The molecule has 0 aliphatic heterocycles. The summed E-state index contributed by atoms with van der Waals surface area (Å²) >= 11 is 0. The lowest BCUT2D eigenvalue weighted by Crippen LogP contribution is -2.38. The molecule has 1 unspecified atom stereocenters. The second kappa shape index (κ2) is 8.14. The summed E-state index contributed by atoms with van der Waals surface area (Å²) in [6.45, 7) is 4.63. The molecule has 0 spiro atoms. The third-order valence-corrected chi connectivity index (χ3v) is 3.25. The van der Waals surface area contributed by atoms with Gasteiger partial charge in [-0.05, 0) is 17.7 Å². The van der Waals surface area contributed by atoms with Gasteiger partial charge in [0.05, 0.1) is 12.6 Å². The number of nitrogens with one attached hydrogen (secondary N) is 2. The van der Waals surface area contributed by atoms with Crippen LogP contribution >= 0.6 is 0 Å². The van der Waals surface area contributed by atoms with E-state index >= 15 is 0 Å². The molecule has 0 saturated heterocycles. The average molecular weight is 346 g/mol. The maximum Gasteiger partial charge on any atom is 0.225 e. The molecule has 3 N–H and O–H groups in total. The Morgan fingerprint density at radius 3 is 2.17 bits per heavy atom.